The topological polar surface area (TPSA) is 72.2 Å². The van der Waals surface area contributed by atoms with Gasteiger partial charge in [0.15, 0.2) is 0 Å². The summed E-state index contributed by atoms with van der Waals surface area (Å²) in [6, 6.07) is 0. The maximum Gasteiger partial charge on any atom is 0.342 e. The molecule has 0 spiro atoms. The molecule has 1 aliphatic rings. The molecule has 15 heavy (non-hydrogen) atoms. The molecule has 0 radical (unpaired) electrons. The van der Waals surface area contributed by atoms with E-state index in [9.17, 15) is 9.59 Å². The molecule has 6 heteroatoms. The van der Waals surface area contributed by atoms with Crippen molar-refractivity contribution >= 4 is 17.7 Å². The summed E-state index contributed by atoms with van der Waals surface area (Å²) in [6.45, 7) is 0. The third-order valence-corrected chi connectivity index (χ3v) is 3.67. The van der Waals surface area contributed by atoms with Crippen molar-refractivity contribution in [2.75, 3.05) is 5.75 Å². The predicted molar refractivity (Wildman–Crippen MR) is 56.2 cm³/mol. The van der Waals surface area contributed by atoms with E-state index in [1.165, 1.54) is 12.5 Å². The van der Waals surface area contributed by atoms with Gasteiger partial charge in [0.2, 0.25) is 0 Å². The summed E-state index contributed by atoms with van der Waals surface area (Å²) in [6.07, 6.45) is 4.90. The maximum absolute atomic E-state index is 11.1. The second kappa shape index (κ2) is 4.06. The molecule has 0 aliphatic carbocycles. The number of thioether (sulfide) groups is 1. The van der Waals surface area contributed by atoms with Crippen molar-refractivity contribution in [2.45, 2.75) is 18.2 Å². The van der Waals surface area contributed by atoms with E-state index in [1.54, 1.807) is 16.3 Å². The van der Waals surface area contributed by atoms with Gasteiger partial charge in [-0.15, -0.1) is 11.8 Å². The lowest BCUT2D eigenvalue weighted by atomic mass is 10.3. The van der Waals surface area contributed by atoms with Crippen LogP contribution in [0.2, 0.25) is 0 Å². The zero-order valence-electron chi connectivity index (χ0n) is 7.92. The molecule has 2 heterocycles. The second-order valence-electron chi connectivity index (χ2n) is 3.31. The van der Waals surface area contributed by atoms with E-state index < -0.39 is 11.5 Å². The average molecular weight is 226 g/mol. The van der Waals surface area contributed by atoms with Gasteiger partial charge in [0.25, 0.3) is 5.56 Å². The van der Waals surface area contributed by atoms with Crippen LogP contribution in [0.5, 0.6) is 0 Å². The summed E-state index contributed by atoms with van der Waals surface area (Å²) in [4.78, 5) is 25.4. The number of aromatic nitrogens is 2. The number of nitrogens with zero attached hydrogens (tertiary/aromatic N) is 2. The standard InChI is InChI=1S/C9H10N2O3S/c12-8-6(9(13)14)4-11(5-10-8)7-2-1-3-15-7/h4-5,7H,1-3H2,(H,13,14). The fourth-order valence-corrected chi connectivity index (χ4v) is 2.75. The molecule has 1 aliphatic heterocycles. The van der Waals surface area contributed by atoms with Crippen molar-refractivity contribution in [3.63, 3.8) is 0 Å². The third kappa shape index (κ3) is 2.04. The van der Waals surface area contributed by atoms with Crippen LogP contribution in [0.25, 0.3) is 0 Å². The van der Waals surface area contributed by atoms with E-state index >= 15 is 0 Å². The molecule has 0 aromatic carbocycles. The van der Waals surface area contributed by atoms with Crippen LogP contribution in [-0.2, 0) is 0 Å². The van der Waals surface area contributed by atoms with E-state index in [2.05, 4.69) is 4.98 Å². The molecule has 1 N–H and O–H groups in total. The Morgan fingerprint density at radius 1 is 1.67 bits per heavy atom. The first-order chi connectivity index (χ1) is 7.18. The highest BCUT2D eigenvalue weighted by atomic mass is 32.2. The van der Waals surface area contributed by atoms with E-state index in [-0.39, 0.29) is 10.9 Å². The molecule has 1 fully saturated rings. The molecule has 1 unspecified atom stereocenters. The lowest BCUT2D eigenvalue weighted by Crippen LogP contribution is -2.21. The molecular weight excluding hydrogens is 216 g/mol. The van der Waals surface area contributed by atoms with Gasteiger partial charge in [0, 0.05) is 6.20 Å². The van der Waals surface area contributed by atoms with Crippen LogP contribution < -0.4 is 5.56 Å². The summed E-state index contributed by atoms with van der Waals surface area (Å²) in [5, 5.41) is 8.99. The van der Waals surface area contributed by atoms with Gasteiger partial charge in [0.1, 0.15) is 5.56 Å². The number of hydrogen-bond acceptors (Lipinski definition) is 4. The summed E-state index contributed by atoms with van der Waals surface area (Å²) < 4.78 is 1.71. The smallest absolute Gasteiger partial charge is 0.342 e. The number of carboxylic acid groups (broad SMARTS) is 1. The summed E-state index contributed by atoms with van der Waals surface area (Å²) in [7, 11) is 0. The number of hydrogen-bond donors (Lipinski definition) is 1. The van der Waals surface area contributed by atoms with Gasteiger partial charge < -0.3 is 9.67 Å². The Hall–Kier alpha value is -1.30. The van der Waals surface area contributed by atoms with Gasteiger partial charge >= 0.3 is 5.97 Å². The number of carboxylic acids is 1. The summed E-state index contributed by atoms with van der Waals surface area (Å²) in [5.41, 5.74) is -0.938. The van der Waals surface area contributed by atoms with Crippen LogP contribution in [0.1, 0.15) is 28.6 Å². The molecule has 1 saturated heterocycles. The largest absolute Gasteiger partial charge is 0.477 e. The molecule has 0 saturated carbocycles. The van der Waals surface area contributed by atoms with E-state index in [1.807, 2.05) is 0 Å². The molecule has 1 aromatic heterocycles. The van der Waals surface area contributed by atoms with Gasteiger partial charge in [-0.25, -0.2) is 4.79 Å². The van der Waals surface area contributed by atoms with Crippen molar-refractivity contribution in [3.05, 3.63) is 28.4 Å². The van der Waals surface area contributed by atoms with Gasteiger partial charge in [-0.2, -0.15) is 4.98 Å². The van der Waals surface area contributed by atoms with Crippen LogP contribution in [-0.4, -0.2) is 26.4 Å². The van der Waals surface area contributed by atoms with Crippen molar-refractivity contribution in [3.8, 4) is 0 Å². The first kappa shape index (κ1) is 10.2. The minimum Gasteiger partial charge on any atom is -0.477 e. The molecule has 1 aromatic rings. The molecular formula is C9H10N2O3S. The zero-order chi connectivity index (χ0) is 10.8. The Labute approximate surface area is 90.1 Å². The van der Waals surface area contributed by atoms with E-state index in [4.69, 9.17) is 5.11 Å². The van der Waals surface area contributed by atoms with E-state index in [0.717, 1.165) is 18.6 Å². The third-order valence-electron chi connectivity index (χ3n) is 2.29. The molecule has 1 atom stereocenters. The van der Waals surface area contributed by atoms with E-state index in [0.29, 0.717) is 0 Å². The molecule has 80 valence electrons. The monoisotopic (exact) mass is 226 g/mol. The van der Waals surface area contributed by atoms with Crippen LogP contribution in [0.3, 0.4) is 0 Å². The zero-order valence-corrected chi connectivity index (χ0v) is 8.74. The lowest BCUT2D eigenvalue weighted by molar-refractivity contribution is 0.0693. The van der Waals surface area contributed by atoms with Crippen molar-refractivity contribution in [1.29, 1.82) is 0 Å². The Morgan fingerprint density at radius 2 is 2.47 bits per heavy atom. The fraction of sp³-hybridized carbons (Fsp3) is 0.444. The minimum atomic E-state index is -1.22. The minimum absolute atomic E-state index is 0.219. The lowest BCUT2D eigenvalue weighted by Gasteiger charge is -2.12. The highest BCUT2D eigenvalue weighted by Gasteiger charge is 2.18. The van der Waals surface area contributed by atoms with Crippen molar-refractivity contribution in [1.82, 2.24) is 9.55 Å². The number of aromatic carboxylic acids is 1. The van der Waals surface area contributed by atoms with Gasteiger partial charge in [-0.3, -0.25) is 4.79 Å². The van der Waals surface area contributed by atoms with Gasteiger partial charge in [-0.05, 0) is 18.6 Å². The Morgan fingerprint density at radius 3 is 3.07 bits per heavy atom. The maximum atomic E-state index is 11.1. The molecule has 2 rings (SSSR count). The first-order valence-electron chi connectivity index (χ1n) is 4.61. The predicted octanol–water partition coefficient (Wildman–Crippen LogP) is 0.967. The normalized spacial score (nSPS) is 20.4. The van der Waals surface area contributed by atoms with Crippen LogP contribution in [0.4, 0.5) is 0 Å². The second-order valence-corrected chi connectivity index (χ2v) is 4.60. The number of carbonyl (C=O) groups is 1. The van der Waals surface area contributed by atoms with Crippen LogP contribution >= 0.6 is 11.8 Å². The fourth-order valence-electron chi connectivity index (χ4n) is 1.53. The first-order valence-corrected chi connectivity index (χ1v) is 5.66. The molecule has 0 bridgehead atoms. The van der Waals surface area contributed by atoms with Gasteiger partial charge in [-0.1, -0.05) is 0 Å². The molecule has 5 nitrogen and oxygen atoms in total. The Kier molecular flexibility index (Phi) is 2.77. The highest BCUT2D eigenvalue weighted by molar-refractivity contribution is 7.99. The highest BCUT2D eigenvalue weighted by Crippen LogP contribution is 2.34. The Bertz CT molecular complexity index is 437. The summed E-state index contributed by atoms with van der Waals surface area (Å²) in [5.74, 6) is -0.149. The quantitative estimate of drug-likeness (QED) is 0.813. The molecule has 0 amide bonds. The van der Waals surface area contributed by atoms with Crippen LogP contribution in [0.15, 0.2) is 17.3 Å². The average Bonchev–Trinajstić information content (AvgIpc) is 2.71. The SMILES string of the molecule is O=C(O)c1cn(C2CCCS2)cnc1=O. The van der Waals surface area contributed by atoms with Gasteiger partial charge in [0.05, 0.1) is 11.7 Å². The van der Waals surface area contributed by atoms with Crippen molar-refractivity contribution in [2.24, 2.45) is 0 Å². The number of rotatable bonds is 2. The Balaban J connectivity index is 2.37. The van der Waals surface area contributed by atoms with Crippen LogP contribution in [0, 0.1) is 0 Å². The summed E-state index contributed by atoms with van der Waals surface area (Å²) >= 11 is 1.75. The van der Waals surface area contributed by atoms with Crippen molar-refractivity contribution < 1.29 is 9.90 Å².